The number of carbonyl (C=O) groups excluding carboxylic acids is 1. The van der Waals surface area contributed by atoms with Gasteiger partial charge in [0, 0.05) is 5.02 Å². The van der Waals surface area contributed by atoms with E-state index in [-0.39, 0.29) is 16.8 Å². The molecule has 1 aliphatic carbocycles. The molecule has 20 heavy (non-hydrogen) atoms. The van der Waals surface area contributed by atoms with Gasteiger partial charge in [-0.25, -0.2) is 0 Å². The molecule has 0 radical (unpaired) electrons. The van der Waals surface area contributed by atoms with E-state index in [9.17, 15) is 4.79 Å². The van der Waals surface area contributed by atoms with Crippen LogP contribution in [0, 0.1) is 11.3 Å². The second-order valence-electron chi connectivity index (χ2n) is 7.38. The van der Waals surface area contributed by atoms with E-state index >= 15 is 0 Å². The van der Waals surface area contributed by atoms with Crippen LogP contribution in [0.4, 0.5) is 0 Å². The van der Waals surface area contributed by atoms with E-state index in [4.69, 9.17) is 16.3 Å². The van der Waals surface area contributed by atoms with Crippen molar-refractivity contribution >= 4 is 17.4 Å². The van der Waals surface area contributed by atoms with Gasteiger partial charge in [-0.15, -0.1) is 0 Å². The Morgan fingerprint density at radius 3 is 2.75 bits per heavy atom. The molecule has 1 fully saturated rings. The maximum absolute atomic E-state index is 12.5. The number of hydrogen-bond donors (Lipinski definition) is 0. The van der Waals surface area contributed by atoms with E-state index in [1.165, 1.54) is 6.42 Å². The lowest BCUT2D eigenvalue weighted by atomic mass is 9.63. The average molecular weight is 293 g/mol. The van der Waals surface area contributed by atoms with Crippen molar-refractivity contribution in [1.29, 1.82) is 0 Å². The van der Waals surface area contributed by atoms with Gasteiger partial charge in [-0.1, -0.05) is 32.4 Å². The molecule has 1 aromatic rings. The lowest BCUT2D eigenvalue weighted by Gasteiger charge is -2.49. The van der Waals surface area contributed by atoms with Crippen molar-refractivity contribution < 1.29 is 9.53 Å². The minimum Gasteiger partial charge on any atom is -0.486 e. The fourth-order valence-electron chi connectivity index (χ4n) is 4.35. The molecular weight excluding hydrogens is 272 g/mol. The van der Waals surface area contributed by atoms with Crippen molar-refractivity contribution in [2.75, 3.05) is 0 Å². The number of ether oxygens (including phenoxy) is 1. The summed E-state index contributed by atoms with van der Waals surface area (Å²) in [6.45, 7) is 6.80. The molecule has 2 aliphatic rings. The van der Waals surface area contributed by atoms with Crippen LogP contribution in [0.3, 0.4) is 0 Å². The molecule has 3 heteroatoms. The average Bonchev–Trinajstić information content (AvgIpc) is 2.27. The quantitative estimate of drug-likeness (QED) is 0.680. The normalized spacial score (nSPS) is 31.8. The van der Waals surface area contributed by atoms with Crippen molar-refractivity contribution in [3.63, 3.8) is 0 Å². The standard InChI is InChI=1S/C17H21ClO2/c1-11-7-16(2,3)10-17(8-11)9-14(19)13-6-12(18)4-5-15(13)20-17/h4-6,11H,7-10H2,1-3H3. The second-order valence-corrected chi connectivity index (χ2v) is 7.82. The highest BCUT2D eigenvalue weighted by molar-refractivity contribution is 6.31. The first kappa shape index (κ1) is 13.9. The maximum atomic E-state index is 12.5. The molecule has 0 N–H and O–H groups in total. The lowest BCUT2D eigenvalue weighted by Crippen LogP contribution is -2.50. The molecule has 3 rings (SSSR count). The minimum atomic E-state index is -0.320. The summed E-state index contributed by atoms with van der Waals surface area (Å²) in [7, 11) is 0. The molecule has 1 aliphatic heterocycles. The van der Waals surface area contributed by atoms with Gasteiger partial charge in [0.15, 0.2) is 5.78 Å². The largest absolute Gasteiger partial charge is 0.486 e. The number of hydrogen-bond acceptors (Lipinski definition) is 2. The van der Waals surface area contributed by atoms with Crippen LogP contribution in [0.5, 0.6) is 5.75 Å². The fourth-order valence-corrected chi connectivity index (χ4v) is 4.52. The second kappa shape index (κ2) is 4.49. The van der Waals surface area contributed by atoms with Crippen LogP contribution in [0.2, 0.25) is 5.02 Å². The summed E-state index contributed by atoms with van der Waals surface area (Å²) in [6.07, 6.45) is 3.58. The van der Waals surface area contributed by atoms with Gasteiger partial charge in [-0.3, -0.25) is 4.79 Å². The monoisotopic (exact) mass is 292 g/mol. The first-order valence-electron chi connectivity index (χ1n) is 7.30. The molecule has 0 amide bonds. The minimum absolute atomic E-state index is 0.165. The van der Waals surface area contributed by atoms with Crippen LogP contribution in [0.25, 0.3) is 0 Å². The number of fused-ring (bicyclic) bond motifs is 1. The van der Waals surface area contributed by atoms with Crippen LogP contribution >= 0.6 is 11.6 Å². The van der Waals surface area contributed by atoms with Gasteiger partial charge in [0.2, 0.25) is 0 Å². The molecule has 0 bridgehead atoms. The van der Waals surface area contributed by atoms with Gasteiger partial charge < -0.3 is 4.74 Å². The van der Waals surface area contributed by atoms with Crippen molar-refractivity contribution in [2.45, 2.75) is 52.1 Å². The van der Waals surface area contributed by atoms with Crippen LogP contribution < -0.4 is 4.74 Å². The molecule has 1 aromatic carbocycles. The third-order valence-electron chi connectivity index (χ3n) is 4.47. The maximum Gasteiger partial charge on any atom is 0.170 e. The number of carbonyl (C=O) groups is 1. The van der Waals surface area contributed by atoms with E-state index in [2.05, 4.69) is 20.8 Å². The van der Waals surface area contributed by atoms with Gasteiger partial charge >= 0.3 is 0 Å². The molecule has 2 nitrogen and oxygen atoms in total. The molecular formula is C17H21ClO2. The molecule has 1 spiro atoms. The zero-order valence-corrected chi connectivity index (χ0v) is 13.1. The summed E-state index contributed by atoms with van der Waals surface area (Å²) in [5, 5.41) is 0.592. The molecule has 0 saturated heterocycles. The van der Waals surface area contributed by atoms with E-state index < -0.39 is 0 Å². The summed E-state index contributed by atoms with van der Waals surface area (Å²) in [5.74, 6) is 1.45. The first-order chi connectivity index (χ1) is 9.29. The predicted octanol–water partition coefficient (Wildman–Crippen LogP) is 4.89. The summed E-state index contributed by atoms with van der Waals surface area (Å²) < 4.78 is 6.31. The Hall–Kier alpha value is -1.02. The Morgan fingerprint density at radius 1 is 1.30 bits per heavy atom. The predicted molar refractivity (Wildman–Crippen MR) is 80.6 cm³/mol. The third kappa shape index (κ3) is 2.46. The summed E-state index contributed by atoms with van der Waals surface area (Å²) in [4.78, 5) is 12.5. The summed E-state index contributed by atoms with van der Waals surface area (Å²) >= 11 is 5.98. The summed E-state index contributed by atoms with van der Waals surface area (Å²) in [5.41, 5.74) is 0.542. The van der Waals surface area contributed by atoms with Crippen LogP contribution in [0.1, 0.15) is 56.8 Å². The highest BCUT2D eigenvalue weighted by Gasteiger charge is 2.48. The molecule has 0 aromatic heterocycles. The number of Topliss-reactive ketones (excluding diaryl/α,β-unsaturated/α-hetero) is 1. The summed E-state index contributed by atoms with van der Waals surface area (Å²) in [6, 6.07) is 5.36. The highest BCUT2D eigenvalue weighted by Crippen LogP contribution is 2.50. The highest BCUT2D eigenvalue weighted by atomic mass is 35.5. The third-order valence-corrected chi connectivity index (χ3v) is 4.71. The Balaban J connectivity index is 1.98. The van der Waals surface area contributed by atoms with E-state index in [0.29, 0.717) is 28.7 Å². The Kier molecular flexibility index (Phi) is 3.13. The van der Waals surface area contributed by atoms with Crippen molar-refractivity contribution in [1.82, 2.24) is 0 Å². The Morgan fingerprint density at radius 2 is 2.05 bits per heavy atom. The number of benzene rings is 1. The topological polar surface area (TPSA) is 26.3 Å². The van der Waals surface area contributed by atoms with Gasteiger partial charge in [0.1, 0.15) is 11.4 Å². The van der Waals surface area contributed by atoms with Crippen molar-refractivity contribution in [3.8, 4) is 5.75 Å². The Labute approximate surface area is 125 Å². The number of rotatable bonds is 0. The Bertz CT molecular complexity index is 564. The van der Waals surface area contributed by atoms with Crippen LogP contribution in [0.15, 0.2) is 18.2 Å². The van der Waals surface area contributed by atoms with Gasteiger partial charge in [-0.05, 0) is 48.8 Å². The molecule has 1 saturated carbocycles. The van der Waals surface area contributed by atoms with E-state index in [0.717, 1.165) is 12.8 Å². The first-order valence-corrected chi connectivity index (χ1v) is 7.68. The fraction of sp³-hybridized carbons (Fsp3) is 0.588. The van der Waals surface area contributed by atoms with Gasteiger partial charge in [-0.2, -0.15) is 0 Å². The lowest BCUT2D eigenvalue weighted by molar-refractivity contribution is -0.0435. The van der Waals surface area contributed by atoms with E-state index in [1.807, 2.05) is 6.07 Å². The SMILES string of the molecule is CC1CC(C)(C)CC2(CC(=O)c3cc(Cl)ccc3O2)C1. The number of halogens is 1. The van der Waals surface area contributed by atoms with Crippen LogP contribution in [-0.2, 0) is 0 Å². The zero-order valence-electron chi connectivity index (χ0n) is 12.3. The number of ketones is 1. The van der Waals surface area contributed by atoms with Crippen LogP contribution in [-0.4, -0.2) is 11.4 Å². The molecule has 1 heterocycles. The van der Waals surface area contributed by atoms with Gasteiger partial charge in [0.25, 0.3) is 0 Å². The molecule has 2 unspecified atom stereocenters. The van der Waals surface area contributed by atoms with Gasteiger partial charge in [0.05, 0.1) is 12.0 Å². The smallest absolute Gasteiger partial charge is 0.170 e. The zero-order chi connectivity index (χ0) is 14.5. The van der Waals surface area contributed by atoms with Crippen molar-refractivity contribution in [3.05, 3.63) is 28.8 Å². The van der Waals surface area contributed by atoms with Crippen molar-refractivity contribution in [2.24, 2.45) is 11.3 Å². The molecule has 108 valence electrons. The van der Waals surface area contributed by atoms with E-state index in [1.54, 1.807) is 12.1 Å². The molecule has 2 atom stereocenters.